The second kappa shape index (κ2) is 9.01. The maximum absolute atomic E-state index is 13.7. The Labute approximate surface area is 146 Å². The summed E-state index contributed by atoms with van der Waals surface area (Å²) in [5.41, 5.74) is 0.947. The van der Waals surface area contributed by atoms with Crippen LogP contribution in [0.1, 0.15) is 24.3 Å². The van der Waals surface area contributed by atoms with Crippen molar-refractivity contribution in [3.63, 3.8) is 0 Å². The molecule has 7 heteroatoms. The first kappa shape index (κ1) is 19.6. The minimum absolute atomic E-state index is 0. The van der Waals surface area contributed by atoms with Crippen LogP contribution in [0.2, 0.25) is 0 Å². The van der Waals surface area contributed by atoms with E-state index >= 15 is 0 Å². The quantitative estimate of drug-likeness (QED) is 0.874. The first-order chi connectivity index (χ1) is 10.2. The fourth-order valence-corrected chi connectivity index (χ4v) is 2.59. The van der Waals surface area contributed by atoms with Crippen LogP contribution in [0.25, 0.3) is 0 Å². The van der Waals surface area contributed by atoms with E-state index in [0.717, 1.165) is 49.7 Å². The van der Waals surface area contributed by atoms with E-state index in [1.54, 1.807) is 6.20 Å². The van der Waals surface area contributed by atoms with Gasteiger partial charge in [-0.05, 0) is 50.0 Å². The Morgan fingerprint density at radius 1 is 1.09 bits per heavy atom. The maximum atomic E-state index is 13.7. The Kier molecular flexibility index (Phi) is 7.68. The Balaban J connectivity index is 0.00000132. The number of hydrogen-bond acceptors (Lipinski definition) is 3. The van der Waals surface area contributed by atoms with Crippen LogP contribution >= 0.6 is 24.8 Å². The van der Waals surface area contributed by atoms with Gasteiger partial charge in [0.25, 0.3) is 0 Å². The molecular weight excluding hydrogens is 345 g/mol. The van der Waals surface area contributed by atoms with E-state index in [4.69, 9.17) is 4.74 Å². The van der Waals surface area contributed by atoms with E-state index < -0.39 is 11.6 Å². The molecule has 3 rings (SSSR count). The van der Waals surface area contributed by atoms with Crippen molar-refractivity contribution in [1.29, 1.82) is 0 Å². The molecule has 23 heavy (non-hydrogen) atoms. The van der Waals surface area contributed by atoms with Crippen molar-refractivity contribution in [2.75, 3.05) is 13.1 Å². The average Bonchev–Trinajstić information content (AvgIpc) is 2.52. The van der Waals surface area contributed by atoms with Gasteiger partial charge in [0, 0.05) is 17.8 Å². The van der Waals surface area contributed by atoms with Crippen molar-refractivity contribution in [1.82, 2.24) is 10.3 Å². The van der Waals surface area contributed by atoms with Gasteiger partial charge in [-0.15, -0.1) is 24.8 Å². The topological polar surface area (TPSA) is 34.1 Å². The zero-order chi connectivity index (χ0) is 14.7. The lowest BCUT2D eigenvalue weighted by Crippen LogP contribution is -2.26. The number of ether oxygens (including phenoxy) is 1. The van der Waals surface area contributed by atoms with Crippen molar-refractivity contribution in [2.45, 2.75) is 18.8 Å². The largest absolute Gasteiger partial charge is 0.436 e. The molecule has 0 radical (unpaired) electrons. The predicted molar refractivity (Wildman–Crippen MR) is 90.0 cm³/mol. The molecule has 0 aliphatic carbocycles. The molecule has 2 heterocycles. The van der Waals surface area contributed by atoms with Gasteiger partial charge in [-0.25, -0.2) is 13.8 Å². The van der Waals surface area contributed by atoms with Gasteiger partial charge in [0.2, 0.25) is 5.88 Å². The van der Waals surface area contributed by atoms with E-state index in [-0.39, 0.29) is 30.6 Å². The molecule has 1 aromatic carbocycles. The Bertz CT molecular complexity index is 637. The summed E-state index contributed by atoms with van der Waals surface area (Å²) in [6, 6.07) is 6.93. The van der Waals surface area contributed by atoms with E-state index in [9.17, 15) is 8.78 Å². The van der Waals surface area contributed by atoms with Gasteiger partial charge < -0.3 is 10.1 Å². The normalized spacial score (nSPS) is 14.5. The molecule has 1 fully saturated rings. The summed E-state index contributed by atoms with van der Waals surface area (Å²) in [7, 11) is 0. The number of piperidine rings is 1. The molecule has 0 spiro atoms. The summed E-state index contributed by atoms with van der Waals surface area (Å²) >= 11 is 0. The van der Waals surface area contributed by atoms with Crippen molar-refractivity contribution in [2.24, 2.45) is 0 Å². The summed E-state index contributed by atoms with van der Waals surface area (Å²) in [5, 5.41) is 3.30. The molecule has 3 nitrogen and oxygen atoms in total. The van der Waals surface area contributed by atoms with E-state index in [0.29, 0.717) is 11.8 Å². The van der Waals surface area contributed by atoms with Gasteiger partial charge in [0.1, 0.15) is 5.82 Å². The Morgan fingerprint density at radius 2 is 1.83 bits per heavy atom. The number of nitrogens with one attached hydrogen (secondary N) is 1. The number of hydrogen-bond donors (Lipinski definition) is 1. The summed E-state index contributed by atoms with van der Waals surface area (Å²) in [6.07, 6.45) is 3.55. The molecule has 1 aromatic heterocycles. The zero-order valence-electron chi connectivity index (χ0n) is 12.3. The van der Waals surface area contributed by atoms with Gasteiger partial charge in [0.05, 0.1) is 0 Å². The summed E-state index contributed by atoms with van der Waals surface area (Å²) in [6.45, 7) is 1.88. The molecule has 126 valence electrons. The molecule has 1 N–H and O–H groups in total. The number of rotatable bonds is 3. The number of benzene rings is 1. The van der Waals surface area contributed by atoms with Crippen LogP contribution < -0.4 is 10.1 Å². The highest BCUT2D eigenvalue weighted by molar-refractivity contribution is 5.85. The summed E-state index contributed by atoms with van der Waals surface area (Å²) in [5.74, 6) is -0.589. The second-order valence-electron chi connectivity index (χ2n) is 5.10. The summed E-state index contributed by atoms with van der Waals surface area (Å²) < 4.78 is 32.5. The van der Waals surface area contributed by atoms with E-state index in [1.807, 2.05) is 12.1 Å². The first-order valence-corrected chi connectivity index (χ1v) is 7.02. The third kappa shape index (κ3) is 4.77. The third-order valence-electron chi connectivity index (χ3n) is 3.68. The van der Waals surface area contributed by atoms with Crippen molar-refractivity contribution < 1.29 is 13.5 Å². The highest BCUT2D eigenvalue weighted by Crippen LogP contribution is 2.34. The van der Waals surface area contributed by atoms with Crippen LogP contribution in [0.5, 0.6) is 11.6 Å². The minimum Gasteiger partial charge on any atom is -0.436 e. The van der Waals surface area contributed by atoms with E-state index in [2.05, 4.69) is 10.3 Å². The standard InChI is InChI=1S/C16H16F2N2O.2ClH/c17-12-3-4-14(18)15(10-12)21-16-13(2-1-7-20-16)11-5-8-19-9-6-11;;/h1-4,7,10-11,19H,5-6,8-9H2;2*1H. The Morgan fingerprint density at radius 3 is 2.57 bits per heavy atom. The fraction of sp³-hybridized carbons (Fsp3) is 0.312. The van der Waals surface area contributed by atoms with Crippen molar-refractivity contribution in [3.8, 4) is 11.6 Å². The molecule has 0 saturated carbocycles. The van der Waals surface area contributed by atoms with Gasteiger partial charge in [-0.3, -0.25) is 0 Å². The van der Waals surface area contributed by atoms with Crippen LogP contribution in [0, 0.1) is 11.6 Å². The lowest BCUT2D eigenvalue weighted by molar-refractivity contribution is 0.398. The van der Waals surface area contributed by atoms with Crippen molar-refractivity contribution in [3.05, 3.63) is 53.7 Å². The maximum Gasteiger partial charge on any atom is 0.222 e. The average molecular weight is 363 g/mol. The molecule has 1 saturated heterocycles. The molecule has 1 aliphatic rings. The van der Waals surface area contributed by atoms with Crippen LogP contribution in [-0.4, -0.2) is 18.1 Å². The van der Waals surface area contributed by atoms with Crippen molar-refractivity contribution >= 4 is 24.8 Å². The summed E-state index contributed by atoms with van der Waals surface area (Å²) in [4.78, 5) is 4.19. The molecule has 0 unspecified atom stereocenters. The van der Waals surface area contributed by atoms with Crippen LogP contribution in [-0.2, 0) is 0 Å². The first-order valence-electron chi connectivity index (χ1n) is 7.02. The molecule has 2 aromatic rings. The van der Waals surface area contributed by atoms with Gasteiger partial charge in [-0.2, -0.15) is 0 Å². The van der Waals surface area contributed by atoms with Gasteiger partial charge in [-0.1, -0.05) is 6.07 Å². The second-order valence-corrected chi connectivity index (χ2v) is 5.10. The molecule has 1 aliphatic heterocycles. The SMILES string of the molecule is Cl.Cl.Fc1ccc(F)c(Oc2ncccc2C2CCNCC2)c1. The number of pyridine rings is 1. The molecule has 0 amide bonds. The number of nitrogens with zero attached hydrogens (tertiary/aromatic N) is 1. The van der Waals surface area contributed by atoms with Crippen LogP contribution in [0.4, 0.5) is 8.78 Å². The zero-order valence-corrected chi connectivity index (χ0v) is 13.9. The van der Waals surface area contributed by atoms with Gasteiger partial charge >= 0.3 is 0 Å². The minimum atomic E-state index is -0.599. The van der Waals surface area contributed by atoms with Crippen LogP contribution in [0.15, 0.2) is 36.5 Å². The molecule has 0 atom stereocenters. The highest BCUT2D eigenvalue weighted by Gasteiger charge is 2.20. The van der Waals surface area contributed by atoms with E-state index in [1.165, 1.54) is 0 Å². The monoisotopic (exact) mass is 362 g/mol. The van der Waals surface area contributed by atoms with Gasteiger partial charge in [0.15, 0.2) is 11.6 Å². The fourth-order valence-electron chi connectivity index (χ4n) is 2.59. The lowest BCUT2D eigenvalue weighted by Gasteiger charge is -2.24. The highest BCUT2D eigenvalue weighted by atomic mass is 35.5. The Hall–Kier alpha value is -1.43. The number of aromatic nitrogens is 1. The number of halogens is 4. The molecule has 0 bridgehead atoms. The van der Waals surface area contributed by atoms with Crippen LogP contribution in [0.3, 0.4) is 0 Å². The smallest absolute Gasteiger partial charge is 0.222 e. The predicted octanol–water partition coefficient (Wildman–Crippen LogP) is 4.46. The molecular formula is C16H18Cl2F2N2O. The lowest BCUT2D eigenvalue weighted by atomic mass is 9.91. The third-order valence-corrected chi connectivity index (χ3v) is 3.68.